The van der Waals surface area contributed by atoms with Crippen LogP contribution in [0, 0.1) is 0 Å². The first-order chi connectivity index (χ1) is 14.3. The number of nitrogens with one attached hydrogen (secondary N) is 1. The third kappa shape index (κ3) is 4.29. The van der Waals surface area contributed by atoms with Crippen molar-refractivity contribution >= 4 is 6.03 Å². The van der Waals surface area contributed by atoms with Gasteiger partial charge in [-0.1, -0.05) is 35.5 Å². The summed E-state index contributed by atoms with van der Waals surface area (Å²) in [5.41, 5.74) is 1.82. The third-order valence-corrected chi connectivity index (χ3v) is 5.03. The fourth-order valence-corrected chi connectivity index (χ4v) is 3.50. The Kier molecular flexibility index (Phi) is 5.85. The van der Waals surface area contributed by atoms with E-state index < -0.39 is 0 Å². The van der Waals surface area contributed by atoms with Gasteiger partial charge in [0.25, 0.3) is 0 Å². The normalized spacial score (nSPS) is 16.3. The lowest BCUT2D eigenvalue weighted by Crippen LogP contribution is -2.39. The minimum absolute atomic E-state index is 0.147. The molecule has 1 fully saturated rings. The van der Waals surface area contributed by atoms with Gasteiger partial charge in [-0.2, -0.15) is 4.98 Å². The van der Waals surface area contributed by atoms with Gasteiger partial charge in [-0.15, -0.1) is 0 Å². The molecule has 0 aliphatic carbocycles. The van der Waals surface area contributed by atoms with E-state index >= 15 is 0 Å². The maximum absolute atomic E-state index is 12.8. The number of urea groups is 1. The minimum Gasteiger partial charge on any atom is -0.383 e. The number of rotatable bonds is 7. The number of methoxy groups -OCH3 is 1. The first-order valence-corrected chi connectivity index (χ1v) is 9.67. The Morgan fingerprint density at radius 3 is 3.03 bits per heavy atom. The van der Waals surface area contributed by atoms with Gasteiger partial charge >= 0.3 is 6.03 Å². The first-order valence-electron chi connectivity index (χ1n) is 9.67. The highest BCUT2D eigenvalue weighted by atomic mass is 16.5. The molecule has 0 saturated carbocycles. The molecule has 152 valence electrons. The fourth-order valence-electron chi connectivity index (χ4n) is 3.50. The summed E-state index contributed by atoms with van der Waals surface area (Å²) in [5.74, 6) is 1.01. The first kappa shape index (κ1) is 19.1. The Bertz CT molecular complexity index is 939. The number of hydrogen-bond donors (Lipinski definition) is 1. The average Bonchev–Trinajstić information content (AvgIpc) is 3.51. The topological polar surface area (TPSA) is 98.3 Å². The van der Waals surface area contributed by atoms with Crippen LogP contribution in [0.1, 0.15) is 30.5 Å². The van der Waals surface area contributed by atoms with Crippen LogP contribution in [0.5, 0.6) is 0 Å². The van der Waals surface area contributed by atoms with E-state index in [2.05, 4.69) is 20.4 Å². The maximum atomic E-state index is 12.8. The molecule has 1 aliphatic heterocycles. The molecule has 0 radical (unpaired) electrons. The second-order valence-electron chi connectivity index (χ2n) is 6.90. The van der Waals surface area contributed by atoms with Crippen molar-refractivity contribution in [2.75, 3.05) is 20.3 Å². The Labute approximate surface area is 168 Å². The lowest BCUT2D eigenvalue weighted by atomic mass is 10.2. The lowest BCUT2D eigenvalue weighted by molar-refractivity contribution is 0.178. The number of aromatic nitrogens is 4. The molecule has 0 unspecified atom stereocenters. The van der Waals surface area contributed by atoms with Gasteiger partial charge in [-0.25, -0.2) is 9.78 Å². The fraction of sp³-hybridized carbons (Fsp3) is 0.400. The van der Waals surface area contributed by atoms with Gasteiger partial charge in [0.15, 0.2) is 0 Å². The highest BCUT2D eigenvalue weighted by molar-refractivity contribution is 5.75. The predicted octanol–water partition coefficient (Wildman–Crippen LogP) is 2.63. The van der Waals surface area contributed by atoms with E-state index in [9.17, 15) is 4.79 Å². The molecule has 9 heteroatoms. The second kappa shape index (κ2) is 8.87. The molecule has 1 saturated heterocycles. The number of amides is 2. The zero-order valence-electron chi connectivity index (χ0n) is 16.3. The van der Waals surface area contributed by atoms with Gasteiger partial charge in [0.2, 0.25) is 11.7 Å². The molecule has 3 aromatic rings. The SMILES string of the molecule is COCCn1cncc1CNC(=O)N1CCC[C@H]1c1nc(-c2ccccc2)no1. The van der Waals surface area contributed by atoms with Crippen LogP contribution >= 0.6 is 0 Å². The van der Waals surface area contributed by atoms with Gasteiger partial charge in [-0.05, 0) is 12.8 Å². The van der Waals surface area contributed by atoms with Crippen LogP contribution in [0.25, 0.3) is 11.4 Å². The smallest absolute Gasteiger partial charge is 0.318 e. The number of benzene rings is 1. The molecule has 0 spiro atoms. The standard InChI is InChI=1S/C20H24N6O3/c1-28-11-10-25-14-21-12-16(25)13-22-20(27)26-9-5-8-17(26)19-23-18(24-29-19)15-6-3-2-4-7-15/h2-4,6-7,12,14,17H,5,8-11,13H2,1H3,(H,22,27)/t17-/m0/s1. The van der Waals surface area contributed by atoms with Crippen LogP contribution in [0.4, 0.5) is 4.79 Å². The summed E-state index contributed by atoms with van der Waals surface area (Å²) in [7, 11) is 1.66. The third-order valence-electron chi connectivity index (χ3n) is 5.03. The molecule has 1 atom stereocenters. The highest BCUT2D eigenvalue weighted by Crippen LogP contribution is 2.32. The molecule has 29 heavy (non-hydrogen) atoms. The molecule has 3 heterocycles. The molecular formula is C20H24N6O3. The minimum atomic E-state index is -0.210. The predicted molar refractivity (Wildman–Crippen MR) is 105 cm³/mol. The number of carbonyl (C=O) groups is 1. The van der Waals surface area contributed by atoms with Crippen LogP contribution in [0.15, 0.2) is 47.4 Å². The van der Waals surface area contributed by atoms with E-state index in [4.69, 9.17) is 9.26 Å². The van der Waals surface area contributed by atoms with Crippen molar-refractivity contribution in [3.8, 4) is 11.4 Å². The van der Waals surface area contributed by atoms with Gasteiger partial charge < -0.3 is 24.0 Å². The molecule has 4 rings (SSSR count). The van der Waals surface area contributed by atoms with E-state index in [1.54, 1.807) is 24.5 Å². The number of ether oxygens (including phenoxy) is 1. The van der Waals surface area contributed by atoms with Crippen LogP contribution in [0.2, 0.25) is 0 Å². The summed E-state index contributed by atoms with van der Waals surface area (Å²) in [5, 5.41) is 7.06. The quantitative estimate of drug-likeness (QED) is 0.659. The molecule has 2 aromatic heterocycles. The summed E-state index contributed by atoms with van der Waals surface area (Å²) in [4.78, 5) is 23.2. The maximum Gasteiger partial charge on any atom is 0.318 e. The van der Waals surface area contributed by atoms with Gasteiger partial charge in [0.05, 0.1) is 25.2 Å². The van der Waals surface area contributed by atoms with E-state index in [-0.39, 0.29) is 12.1 Å². The largest absolute Gasteiger partial charge is 0.383 e. The van der Waals surface area contributed by atoms with Crippen LogP contribution in [0.3, 0.4) is 0 Å². The Balaban J connectivity index is 1.40. The van der Waals surface area contributed by atoms with Gasteiger partial charge in [0.1, 0.15) is 6.04 Å². The van der Waals surface area contributed by atoms with Crippen molar-refractivity contribution in [2.45, 2.75) is 32.0 Å². The Hall–Kier alpha value is -3.20. The van der Waals surface area contributed by atoms with Crippen LogP contribution in [-0.2, 0) is 17.8 Å². The molecule has 9 nitrogen and oxygen atoms in total. The zero-order chi connectivity index (χ0) is 20.1. The highest BCUT2D eigenvalue weighted by Gasteiger charge is 2.34. The summed E-state index contributed by atoms with van der Waals surface area (Å²) in [6, 6.07) is 9.30. The molecule has 0 bridgehead atoms. The zero-order valence-corrected chi connectivity index (χ0v) is 16.3. The van der Waals surface area contributed by atoms with Crippen molar-refractivity contribution in [2.24, 2.45) is 0 Å². The van der Waals surface area contributed by atoms with Crippen molar-refractivity contribution in [3.05, 3.63) is 54.4 Å². The van der Waals surface area contributed by atoms with Crippen LogP contribution < -0.4 is 5.32 Å². The molecule has 1 aliphatic rings. The number of carbonyl (C=O) groups excluding carboxylic acids is 1. The number of likely N-dealkylation sites (tertiary alicyclic amines) is 1. The van der Waals surface area contributed by atoms with Crippen molar-refractivity contribution < 1.29 is 14.1 Å². The number of imidazole rings is 1. The number of hydrogen-bond acceptors (Lipinski definition) is 6. The van der Waals surface area contributed by atoms with Gasteiger partial charge in [0, 0.05) is 32.0 Å². The van der Waals surface area contributed by atoms with E-state index in [0.717, 1.165) is 24.1 Å². The lowest BCUT2D eigenvalue weighted by Gasteiger charge is -2.22. The summed E-state index contributed by atoms with van der Waals surface area (Å²) in [6.07, 6.45) is 5.19. The van der Waals surface area contributed by atoms with E-state index in [1.165, 1.54) is 0 Å². The molecule has 1 aromatic carbocycles. The summed E-state index contributed by atoms with van der Waals surface area (Å²) in [6.45, 7) is 2.33. The van der Waals surface area contributed by atoms with E-state index in [0.29, 0.717) is 38.0 Å². The summed E-state index contributed by atoms with van der Waals surface area (Å²) >= 11 is 0. The Morgan fingerprint density at radius 2 is 2.21 bits per heavy atom. The van der Waals surface area contributed by atoms with E-state index in [1.807, 2.05) is 34.9 Å². The second-order valence-corrected chi connectivity index (χ2v) is 6.90. The Morgan fingerprint density at radius 1 is 1.34 bits per heavy atom. The molecular weight excluding hydrogens is 372 g/mol. The van der Waals surface area contributed by atoms with Crippen LogP contribution in [-0.4, -0.2) is 50.9 Å². The summed E-state index contributed by atoms with van der Waals surface area (Å²) < 4.78 is 12.6. The van der Waals surface area contributed by atoms with Crippen molar-refractivity contribution in [1.29, 1.82) is 0 Å². The molecule has 2 amide bonds. The monoisotopic (exact) mass is 396 g/mol. The van der Waals surface area contributed by atoms with Crippen molar-refractivity contribution in [3.63, 3.8) is 0 Å². The average molecular weight is 396 g/mol. The molecule has 1 N–H and O–H groups in total. The van der Waals surface area contributed by atoms with Crippen molar-refractivity contribution in [1.82, 2.24) is 29.9 Å². The number of nitrogens with zero attached hydrogens (tertiary/aromatic N) is 5. The van der Waals surface area contributed by atoms with Gasteiger partial charge in [-0.3, -0.25) is 0 Å².